The summed E-state index contributed by atoms with van der Waals surface area (Å²) >= 11 is 0. The van der Waals surface area contributed by atoms with Crippen LogP contribution in [0.5, 0.6) is 0 Å². The smallest absolute Gasteiger partial charge is 0.0363 e. The van der Waals surface area contributed by atoms with Crippen molar-refractivity contribution in [2.24, 2.45) is 23.5 Å². The van der Waals surface area contributed by atoms with Gasteiger partial charge in [0.15, 0.2) is 0 Å². The predicted octanol–water partition coefficient (Wildman–Crippen LogP) is 8.26. The molecule has 1 aromatic rings. The van der Waals surface area contributed by atoms with E-state index < -0.39 is 0 Å². The minimum atomic E-state index is 0.171. The lowest BCUT2D eigenvalue weighted by atomic mass is 9.71. The standard InChI is InChI=1S/C42H54N2/c1-2-11-41(43)39-25-24-38(36-18-8-9-19-37(36)39)40-23-21-34(32-17-10-16-31(26-32)29-12-4-3-5-13-29)28-42(40)44-35-22-20-30-14-6-7-15-33(30)27-35/h3-4,7-9,12,15,18-19,21,23,26,30,32-33,35,41-42,44H,2,5-6,10-11,13-14,16-17,20,22,24-25,27-28,43H2,1H3/t30-,32-,33?,35?,41?,42?/m1/s1. The molecular weight excluding hydrogens is 532 g/mol. The molecule has 7 rings (SSSR count). The van der Waals surface area contributed by atoms with Crippen molar-refractivity contribution in [3.63, 3.8) is 0 Å². The van der Waals surface area contributed by atoms with Gasteiger partial charge in [-0.15, -0.1) is 0 Å². The number of nitrogens with two attached hydrogens (primary N) is 1. The molecule has 1 fully saturated rings. The Bertz CT molecular complexity index is 1530. The van der Waals surface area contributed by atoms with Crippen molar-refractivity contribution >= 4 is 11.1 Å². The minimum Gasteiger partial charge on any atom is -0.324 e. The van der Waals surface area contributed by atoms with Gasteiger partial charge in [0.1, 0.15) is 0 Å². The summed E-state index contributed by atoms with van der Waals surface area (Å²) in [7, 11) is 0. The topological polar surface area (TPSA) is 38.0 Å². The van der Waals surface area contributed by atoms with Gasteiger partial charge in [0.05, 0.1) is 0 Å². The summed E-state index contributed by atoms with van der Waals surface area (Å²) < 4.78 is 0. The van der Waals surface area contributed by atoms with Crippen molar-refractivity contribution in [3.8, 4) is 0 Å². The SMILES string of the molecule is CCCC(N)C1=c2ccccc2=C(C2=CC=C([C@H]3C=C(C4=CC=CCC4)CCC3)CC2NC2CC[C@H]3CCC=CC3C2)CC1. The van der Waals surface area contributed by atoms with Crippen molar-refractivity contribution in [1.82, 2.24) is 5.32 Å². The van der Waals surface area contributed by atoms with E-state index in [0.717, 1.165) is 43.9 Å². The monoisotopic (exact) mass is 586 g/mol. The van der Waals surface area contributed by atoms with Crippen molar-refractivity contribution in [3.05, 3.63) is 106 Å². The number of benzene rings is 1. The van der Waals surface area contributed by atoms with Gasteiger partial charge in [-0.05, 0) is 146 Å². The zero-order valence-corrected chi connectivity index (χ0v) is 27.1. The lowest BCUT2D eigenvalue weighted by Gasteiger charge is -2.40. The molecule has 0 amide bonds. The van der Waals surface area contributed by atoms with E-state index in [1.54, 1.807) is 27.9 Å². The normalized spacial score (nSPS) is 30.9. The van der Waals surface area contributed by atoms with Crippen LogP contribution in [0.3, 0.4) is 0 Å². The summed E-state index contributed by atoms with van der Waals surface area (Å²) in [6, 6.07) is 10.3. The van der Waals surface area contributed by atoms with E-state index in [1.807, 2.05) is 0 Å². The summed E-state index contributed by atoms with van der Waals surface area (Å²) in [6.07, 6.45) is 38.2. The van der Waals surface area contributed by atoms with E-state index in [4.69, 9.17) is 5.73 Å². The highest BCUT2D eigenvalue weighted by Gasteiger charge is 2.34. The zero-order chi connectivity index (χ0) is 29.9. The first-order chi connectivity index (χ1) is 21.7. The molecule has 2 heteroatoms. The van der Waals surface area contributed by atoms with Gasteiger partial charge in [0.2, 0.25) is 0 Å². The van der Waals surface area contributed by atoms with Gasteiger partial charge >= 0.3 is 0 Å². The first-order valence-electron chi connectivity index (χ1n) is 18.1. The van der Waals surface area contributed by atoms with Crippen LogP contribution >= 0.6 is 0 Å². The molecular formula is C42H54N2. The molecule has 232 valence electrons. The molecule has 6 aliphatic carbocycles. The highest BCUT2D eigenvalue weighted by atomic mass is 15.0. The number of allylic oxidation sites excluding steroid dienone is 10. The molecule has 44 heavy (non-hydrogen) atoms. The number of rotatable bonds is 8. The average molecular weight is 587 g/mol. The number of fused-ring (bicyclic) bond motifs is 2. The van der Waals surface area contributed by atoms with Crippen LogP contribution in [-0.4, -0.2) is 18.1 Å². The fraction of sp³-hybridized carbons (Fsp3) is 0.524. The highest BCUT2D eigenvalue weighted by molar-refractivity contribution is 5.73. The Labute approximate surface area is 266 Å². The van der Waals surface area contributed by atoms with Crippen LogP contribution in [-0.2, 0) is 0 Å². The van der Waals surface area contributed by atoms with Gasteiger partial charge in [0, 0.05) is 18.1 Å². The quantitative estimate of drug-likeness (QED) is 0.301. The maximum atomic E-state index is 6.77. The van der Waals surface area contributed by atoms with Gasteiger partial charge < -0.3 is 11.1 Å². The Morgan fingerprint density at radius 1 is 0.886 bits per heavy atom. The van der Waals surface area contributed by atoms with Crippen LogP contribution in [0.2, 0.25) is 0 Å². The minimum absolute atomic E-state index is 0.171. The third kappa shape index (κ3) is 6.35. The van der Waals surface area contributed by atoms with Crippen LogP contribution in [0.4, 0.5) is 0 Å². The van der Waals surface area contributed by atoms with Crippen molar-refractivity contribution in [2.45, 2.75) is 121 Å². The van der Waals surface area contributed by atoms with Crippen LogP contribution in [0, 0.1) is 17.8 Å². The molecule has 4 unspecified atom stereocenters. The summed E-state index contributed by atoms with van der Waals surface area (Å²) in [4.78, 5) is 0. The first-order valence-corrected chi connectivity index (χ1v) is 18.1. The number of nitrogens with one attached hydrogen (secondary N) is 1. The molecule has 0 aromatic heterocycles. The molecule has 0 aliphatic heterocycles. The third-order valence-electron chi connectivity index (χ3n) is 11.8. The zero-order valence-electron chi connectivity index (χ0n) is 27.1. The molecule has 6 aliphatic rings. The summed E-state index contributed by atoms with van der Waals surface area (Å²) in [5.41, 5.74) is 16.2. The predicted molar refractivity (Wildman–Crippen MR) is 187 cm³/mol. The van der Waals surface area contributed by atoms with E-state index in [1.165, 1.54) is 80.2 Å². The molecule has 0 radical (unpaired) electrons. The van der Waals surface area contributed by atoms with Crippen molar-refractivity contribution in [1.29, 1.82) is 0 Å². The number of hydrogen-bond acceptors (Lipinski definition) is 2. The van der Waals surface area contributed by atoms with E-state index in [2.05, 4.69) is 85.1 Å². The number of hydrogen-bond donors (Lipinski definition) is 2. The van der Waals surface area contributed by atoms with E-state index >= 15 is 0 Å². The second-order valence-corrected chi connectivity index (χ2v) is 14.5. The van der Waals surface area contributed by atoms with Crippen molar-refractivity contribution < 1.29 is 0 Å². The summed E-state index contributed by atoms with van der Waals surface area (Å²) in [5.74, 6) is 2.24. The van der Waals surface area contributed by atoms with E-state index in [0.29, 0.717) is 18.0 Å². The first kappa shape index (κ1) is 30.0. The summed E-state index contributed by atoms with van der Waals surface area (Å²) in [6.45, 7) is 2.25. The van der Waals surface area contributed by atoms with Gasteiger partial charge in [-0.3, -0.25) is 0 Å². The Hall–Kier alpha value is -2.68. The summed E-state index contributed by atoms with van der Waals surface area (Å²) in [5, 5.41) is 7.18. The Kier molecular flexibility index (Phi) is 9.38. The lowest BCUT2D eigenvalue weighted by Crippen LogP contribution is -2.46. The maximum absolute atomic E-state index is 6.77. The van der Waals surface area contributed by atoms with Gasteiger partial charge in [-0.2, -0.15) is 0 Å². The molecule has 3 N–H and O–H groups in total. The molecule has 1 aromatic carbocycles. The van der Waals surface area contributed by atoms with Crippen LogP contribution in [0.15, 0.2) is 95.2 Å². The van der Waals surface area contributed by atoms with Gasteiger partial charge in [-0.25, -0.2) is 0 Å². The lowest BCUT2D eigenvalue weighted by molar-refractivity contribution is 0.209. The molecule has 0 spiro atoms. The second kappa shape index (κ2) is 13.8. The van der Waals surface area contributed by atoms with Crippen LogP contribution in [0.1, 0.15) is 103 Å². The van der Waals surface area contributed by atoms with Crippen molar-refractivity contribution in [2.75, 3.05) is 0 Å². The Morgan fingerprint density at radius 2 is 1.80 bits per heavy atom. The van der Waals surface area contributed by atoms with Gasteiger partial charge in [0.25, 0.3) is 0 Å². The Balaban J connectivity index is 1.24. The average Bonchev–Trinajstić information content (AvgIpc) is 3.08. The van der Waals surface area contributed by atoms with E-state index in [-0.39, 0.29) is 6.04 Å². The maximum Gasteiger partial charge on any atom is 0.0363 e. The third-order valence-corrected chi connectivity index (χ3v) is 11.8. The van der Waals surface area contributed by atoms with Crippen LogP contribution < -0.4 is 21.5 Å². The fourth-order valence-corrected chi connectivity index (χ4v) is 9.42. The largest absolute Gasteiger partial charge is 0.324 e. The van der Waals surface area contributed by atoms with E-state index in [9.17, 15) is 0 Å². The second-order valence-electron chi connectivity index (χ2n) is 14.5. The fourth-order valence-electron chi connectivity index (χ4n) is 9.42. The molecule has 1 saturated carbocycles. The van der Waals surface area contributed by atoms with Crippen LogP contribution in [0.25, 0.3) is 11.1 Å². The van der Waals surface area contributed by atoms with Gasteiger partial charge in [-0.1, -0.05) is 91.8 Å². The molecule has 2 nitrogen and oxygen atoms in total. The molecule has 0 bridgehead atoms. The highest BCUT2D eigenvalue weighted by Crippen LogP contribution is 2.41. The Morgan fingerprint density at radius 3 is 2.66 bits per heavy atom. The molecule has 0 heterocycles. The molecule has 6 atom stereocenters. The molecule has 0 saturated heterocycles.